The fourth-order valence-corrected chi connectivity index (χ4v) is 2.99. The lowest BCUT2D eigenvalue weighted by molar-refractivity contribution is -0.126. The normalized spacial score (nSPS) is 21.8. The number of nitrogens with zero attached hydrogens (tertiary/aromatic N) is 1. The van der Waals surface area contributed by atoms with Gasteiger partial charge in [-0.2, -0.15) is 0 Å². The maximum atomic E-state index is 12.6. The van der Waals surface area contributed by atoms with Gasteiger partial charge in [0.1, 0.15) is 11.6 Å². The van der Waals surface area contributed by atoms with Crippen molar-refractivity contribution in [1.82, 2.24) is 10.2 Å². The molecule has 1 aliphatic rings. The van der Waals surface area contributed by atoms with Crippen molar-refractivity contribution in [2.24, 2.45) is 0 Å². The summed E-state index contributed by atoms with van der Waals surface area (Å²) >= 11 is 3.38. The van der Waals surface area contributed by atoms with Gasteiger partial charge in [-0.25, -0.2) is 4.79 Å². The minimum absolute atomic E-state index is 0.0969. The number of carbonyl (C=O) groups is 2. The van der Waals surface area contributed by atoms with Crippen LogP contribution in [0.2, 0.25) is 0 Å². The Balaban J connectivity index is 2.05. The van der Waals surface area contributed by atoms with Crippen LogP contribution in [0, 0.1) is 0 Å². The smallest absolute Gasteiger partial charge is 0.411 e. The van der Waals surface area contributed by atoms with E-state index >= 15 is 0 Å². The van der Waals surface area contributed by atoms with E-state index < -0.39 is 23.8 Å². The second kappa shape index (κ2) is 7.74. The van der Waals surface area contributed by atoms with E-state index in [4.69, 9.17) is 4.74 Å². The van der Waals surface area contributed by atoms with Gasteiger partial charge >= 0.3 is 6.09 Å². The summed E-state index contributed by atoms with van der Waals surface area (Å²) in [4.78, 5) is 26.3. The van der Waals surface area contributed by atoms with Crippen LogP contribution in [0.25, 0.3) is 0 Å². The van der Waals surface area contributed by atoms with Gasteiger partial charge in [0.2, 0.25) is 5.91 Å². The van der Waals surface area contributed by atoms with Crippen LogP contribution in [0.4, 0.5) is 4.79 Å². The number of β-amino-alcohol motifs (C(OH)–C–C–N with tert-alkyl or cyclic N) is 1. The van der Waals surface area contributed by atoms with Gasteiger partial charge in [-0.3, -0.25) is 9.69 Å². The molecule has 7 heteroatoms. The first kappa shape index (κ1) is 19.7. The molecule has 0 aliphatic carbocycles. The lowest BCUT2D eigenvalue weighted by atomic mass is 10.1. The Labute approximate surface area is 156 Å². The van der Waals surface area contributed by atoms with Crippen molar-refractivity contribution in [2.45, 2.75) is 57.9 Å². The lowest BCUT2D eigenvalue weighted by Crippen LogP contribution is -2.48. The van der Waals surface area contributed by atoms with Gasteiger partial charge in [0.05, 0.1) is 18.7 Å². The van der Waals surface area contributed by atoms with Gasteiger partial charge in [0.15, 0.2) is 0 Å². The quantitative estimate of drug-likeness (QED) is 0.799. The molecule has 138 valence electrons. The topological polar surface area (TPSA) is 78.9 Å². The molecule has 2 amide bonds. The number of nitrogens with one attached hydrogen (secondary N) is 1. The van der Waals surface area contributed by atoms with Crippen LogP contribution in [-0.2, 0) is 9.53 Å². The Morgan fingerprint density at radius 1 is 1.32 bits per heavy atom. The number of amides is 2. The van der Waals surface area contributed by atoms with Crippen LogP contribution in [0.15, 0.2) is 28.7 Å². The van der Waals surface area contributed by atoms with E-state index in [1.54, 1.807) is 20.8 Å². The van der Waals surface area contributed by atoms with Gasteiger partial charge in [0.25, 0.3) is 0 Å². The summed E-state index contributed by atoms with van der Waals surface area (Å²) in [5.74, 6) is -0.294. The molecule has 1 fully saturated rings. The van der Waals surface area contributed by atoms with Gasteiger partial charge in [-0.15, -0.1) is 0 Å². The van der Waals surface area contributed by atoms with Crippen LogP contribution in [0.5, 0.6) is 0 Å². The number of ether oxygens (including phenoxy) is 1. The van der Waals surface area contributed by atoms with Gasteiger partial charge in [-0.05, 0) is 45.4 Å². The molecule has 1 heterocycles. The second-order valence-electron chi connectivity index (χ2n) is 7.32. The van der Waals surface area contributed by atoms with Crippen LogP contribution < -0.4 is 5.32 Å². The minimum Gasteiger partial charge on any atom is -0.444 e. The van der Waals surface area contributed by atoms with Crippen LogP contribution in [0.3, 0.4) is 0 Å². The SMILES string of the molecule is C[C@H](NC(=O)[C@@H]1C[C@@H](O)CN1C(=O)OC(C)(C)C)c1ccc(Br)cc1. The molecule has 6 nitrogen and oxygen atoms in total. The molecular weight excluding hydrogens is 388 g/mol. The number of hydrogen-bond acceptors (Lipinski definition) is 4. The largest absolute Gasteiger partial charge is 0.444 e. The molecule has 1 aliphatic heterocycles. The summed E-state index contributed by atoms with van der Waals surface area (Å²) in [6.07, 6.45) is -1.11. The summed E-state index contributed by atoms with van der Waals surface area (Å²) in [7, 11) is 0. The highest BCUT2D eigenvalue weighted by atomic mass is 79.9. The Morgan fingerprint density at radius 3 is 2.48 bits per heavy atom. The molecule has 0 radical (unpaired) electrons. The summed E-state index contributed by atoms with van der Waals surface area (Å²) < 4.78 is 6.31. The summed E-state index contributed by atoms with van der Waals surface area (Å²) in [5.41, 5.74) is 0.301. The maximum Gasteiger partial charge on any atom is 0.411 e. The molecule has 1 saturated heterocycles. The van der Waals surface area contributed by atoms with Gasteiger partial charge in [0, 0.05) is 10.9 Å². The number of hydrogen-bond donors (Lipinski definition) is 2. The van der Waals surface area contributed by atoms with Gasteiger partial charge < -0.3 is 15.2 Å². The zero-order chi connectivity index (χ0) is 18.8. The predicted octanol–water partition coefficient (Wildman–Crippen LogP) is 3.00. The first-order valence-corrected chi connectivity index (χ1v) is 9.09. The Bertz CT molecular complexity index is 627. The van der Waals surface area contributed by atoms with E-state index in [-0.39, 0.29) is 24.9 Å². The van der Waals surface area contributed by atoms with E-state index in [1.165, 1.54) is 4.90 Å². The van der Waals surface area contributed by atoms with E-state index in [2.05, 4.69) is 21.2 Å². The Kier molecular flexibility index (Phi) is 6.11. The first-order chi connectivity index (χ1) is 11.6. The average Bonchev–Trinajstić information content (AvgIpc) is 2.88. The molecular formula is C18H25BrN2O4. The number of halogens is 1. The standard InChI is InChI=1S/C18H25BrN2O4/c1-11(12-5-7-13(19)8-6-12)20-16(23)15-9-14(22)10-21(15)17(24)25-18(2,3)4/h5-8,11,14-15,22H,9-10H2,1-4H3,(H,20,23)/t11-,14+,15-/m0/s1. The zero-order valence-corrected chi connectivity index (χ0v) is 16.5. The molecule has 3 atom stereocenters. The molecule has 0 spiro atoms. The van der Waals surface area contributed by atoms with E-state index in [0.717, 1.165) is 10.0 Å². The fourth-order valence-electron chi connectivity index (χ4n) is 2.73. The van der Waals surface area contributed by atoms with Crippen LogP contribution in [0.1, 0.15) is 45.7 Å². The Hall–Kier alpha value is -1.60. The molecule has 0 aromatic heterocycles. The van der Waals surface area contributed by atoms with E-state index in [0.29, 0.717) is 0 Å². The monoisotopic (exact) mass is 412 g/mol. The molecule has 25 heavy (non-hydrogen) atoms. The lowest BCUT2D eigenvalue weighted by Gasteiger charge is -2.28. The highest BCUT2D eigenvalue weighted by Crippen LogP contribution is 2.23. The third-order valence-corrected chi connectivity index (χ3v) is 4.47. The predicted molar refractivity (Wildman–Crippen MR) is 98.1 cm³/mol. The van der Waals surface area contributed by atoms with Crippen molar-refractivity contribution >= 4 is 27.9 Å². The number of benzene rings is 1. The van der Waals surface area contributed by atoms with Crippen molar-refractivity contribution in [3.8, 4) is 0 Å². The van der Waals surface area contributed by atoms with Crippen molar-refractivity contribution < 1.29 is 19.4 Å². The van der Waals surface area contributed by atoms with E-state index in [9.17, 15) is 14.7 Å². The number of aliphatic hydroxyl groups is 1. The molecule has 2 N–H and O–H groups in total. The molecule has 0 saturated carbocycles. The zero-order valence-electron chi connectivity index (χ0n) is 15.0. The molecule has 1 aromatic carbocycles. The van der Waals surface area contributed by atoms with Gasteiger partial charge in [-0.1, -0.05) is 28.1 Å². The van der Waals surface area contributed by atoms with Crippen LogP contribution in [-0.4, -0.2) is 46.3 Å². The summed E-state index contributed by atoms with van der Waals surface area (Å²) in [5, 5.41) is 12.8. The van der Waals surface area contributed by atoms with Crippen LogP contribution >= 0.6 is 15.9 Å². The first-order valence-electron chi connectivity index (χ1n) is 8.30. The van der Waals surface area contributed by atoms with Crippen molar-refractivity contribution in [1.29, 1.82) is 0 Å². The third-order valence-electron chi connectivity index (χ3n) is 3.94. The van der Waals surface area contributed by atoms with E-state index in [1.807, 2.05) is 31.2 Å². The number of rotatable bonds is 3. The number of carbonyl (C=O) groups excluding carboxylic acids is 2. The fraction of sp³-hybridized carbons (Fsp3) is 0.556. The third kappa shape index (κ3) is 5.44. The maximum absolute atomic E-state index is 12.6. The minimum atomic E-state index is -0.734. The van der Waals surface area contributed by atoms with Crippen molar-refractivity contribution in [3.05, 3.63) is 34.3 Å². The summed E-state index contributed by atoms with van der Waals surface area (Å²) in [6.45, 7) is 7.27. The summed E-state index contributed by atoms with van der Waals surface area (Å²) in [6, 6.07) is 6.71. The van der Waals surface area contributed by atoms with Crippen molar-refractivity contribution in [2.75, 3.05) is 6.54 Å². The average molecular weight is 413 g/mol. The van der Waals surface area contributed by atoms with Crippen molar-refractivity contribution in [3.63, 3.8) is 0 Å². The highest BCUT2D eigenvalue weighted by molar-refractivity contribution is 9.10. The highest BCUT2D eigenvalue weighted by Gasteiger charge is 2.41. The molecule has 0 unspecified atom stereocenters. The Morgan fingerprint density at radius 2 is 1.92 bits per heavy atom. The molecule has 1 aromatic rings. The molecule has 0 bridgehead atoms. The number of likely N-dealkylation sites (tertiary alicyclic amines) is 1. The second-order valence-corrected chi connectivity index (χ2v) is 8.24. The number of aliphatic hydroxyl groups excluding tert-OH is 1. The molecule has 2 rings (SSSR count).